The molecular weight excluding hydrogens is 490 g/mol. The number of carbonyl (C=O) groups is 1. The van der Waals surface area contributed by atoms with E-state index in [1.165, 1.54) is 31.3 Å². The van der Waals surface area contributed by atoms with E-state index in [-0.39, 0.29) is 40.3 Å². The number of hydrogen-bond acceptors (Lipinski definition) is 8. The second-order valence-corrected chi connectivity index (χ2v) is 9.89. The molecule has 9 nitrogen and oxygen atoms in total. The molecule has 1 fully saturated rings. The number of halogens is 4. The molecule has 3 aromatic heterocycles. The van der Waals surface area contributed by atoms with E-state index < -0.39 is 35.4 Å². The van der Waals surface area contributed by atoms with Crippen molar-refractivity contribution in [3.05, 3.63) is 35.8 Å². The van der Waals surface area contributed by atoms with Crippen LogP contribution in [0.25, 0.3) is 16.8 Å². The number of alkyl halides is 4. The Labute approximate surface area is 202 Å². The van der Waals surface area contributed by atoms with Crippen molar-refractivity contribution < 1.29 is 27.1 Å². The minimum Gasteiger partial charge on any atom is -0.480 e. The SMILES string of the molecule is COc1ncc(-c2cc(C(F)(F)F)c3c(N)ncnn23)cc1C(=O)N[C@@H]1CN(SC(C)C)C[C@@H]1F. The Balaban J connectivity index is 1.70. The Morgan fingerprint density at radius 3 is 2.69 bits per heavy atom. The van der Waals surface area contributed by atoms with Gasteiger partial charge in [-0.3, -0.25) is 4.79 Å². The number of hydrogen-bond donors (Lipinski definition) is 2. The van der Waals surface area contributed by atoms with Gasteiger partial charge in [-0.1, -0.05) is 25.8 Å². The van der Waals surface area contributed by atoms with Crippen LogP contribution < -0.4 is 15.8 Å². The molecule has 1 aliphatic rings. The van der Waals surface area contributed by atoms with E-state index in [1.807, 2.05) is 18.2 Å². The molecule has 4 rings (SSSR count). The second kappa shape index (κ2) is 9.49. The van der Waals surface area contributed by atoms with Crippen LogP contribution in [0.4, 0.5) is 23.4 Å². The van der Waals surface area contributed by atoms with Gasteiger partial charge < -0.3 is 15.8 Å². The summed E-state index contributed by atoms with van der Waals surface area (Å²) in [4.78, 5) is 20.8. The number of aromatic nitrogens is 4. The van der Waals surface area contributed by atoms with Crippen LogP contribution in [-0.4, -0.2) is 67.5 Å². The van der Waals surface area contributed by atoms with Gasteiger partial charge in [0.25, 0.3) is 5.91 Å². The van der Waals surface area contributed by atoms with Crippen LogP contribution in [0.5, 0.6) is 5.88 Å². The molecule has 0 unspecified atom stereocenters. The lowest BCUT2D eigenvalue weighted by molar-refractivity contribution is -0.136. The first-order valence-corrected chi connectivity index (χ1v) is 11.4. The summed E-state index contributed by atoms with van der Waals surface area (Å²) in [7, 11) is 1.30. The van der Waals surface area contributed by atoms with Gasteiger partial charge in [0.15, 0.2) is 5.82 Å². The average Bonchev–Trinajstić information content (AvgIpc) is 3.34. The first kappa shape index (κ1) is 25.0. The number of nitrogens with two attached hydrogens (primary N) is 1. The van der Waals surface area contributed by atoms with Crippen molar-refractivity contribution in [2.75, 3.05) is 25.9 Å². The molecule has 14 heteroatoms. The summed E-state index contributed by atoms with van der Waals surface area (Å²) >= 11 is 1.49. The average molecular weight is 514 g/mol. The Morgan fingerprint density at radius 1 is 1.29 bits per heavy atom. The van der Waals surface area contributed by atoms with Gasteiger partial charge in [0, 0.05) is 30.1 Å². The largest absolute Gasteiger partial charge is 0.480 e. The molecule has 0 bridgehead atoms. The number of nitrogens with zero attached hydrogens (tertiary/aromatic N) is 5. The molecule has 0 aromatic carbocycles. The van der Waals surface area contributed by atoms with Crippen molar-refractivity contribution in [2.24, 2.45) is 0 Å². The van der Waals surface area contributed by atoms with Crippen molar-refractivity contribution in [3.63, 3.8) is 0 Å². The van der Waals surface area contributed by atoms with Gasteiger partial charge >= 0.3 is 6.18 Å². The number of ether oxygens (including phenoxy) is 1. The number of fused-ring (bicyclic) bond motifs is 1. The summed E-state index contributed by atoms with van der Waals surface area (Å²) in [6.45, 7) is 4.44. The van der Waals surface area contributed by atoms with E-state index in [4.69, 9.17) is 10.5 Å². The highest BCUT2D eigenvalue weighted by atomic mass is 32.2. The molecule has 4 heterocycles. The lowest BCUT2D eigenvalue weighted by atomic mass is 10.1. The standard InChI is InChI=1S/C21H23F4N7O2S/c1-10(2)35-31-7-14(22)15(8-31)30-19(33)12-4-11(6-27-20(12)34-3)16-5-13(21(23,24)25)17-18(26)28-9-29-32(16)17/h4-6,9-10,14-15H,7-8H2,1-3H3,(H,30,33)(H2,26,28,29)/t14-,15+/m0/s1. The summed E-state index contributed by atoms with van der Waals surface area (Å²) in [6, 6.07) is 1.42. The highest BCUT2D eigenvalue weighted by Gasteiger charge is 2.37. The third-order valence-corrected chi connectivity index (χ3v) is 6.38. The number of pyridine rings is 1. The monoisotopic (exact) mass is 513 g/mol. The maximum Gasteiger partial charge on any atom is 0.418 e. The number of methoxy groups -OCH3 is 1. The van der Waals surface area contributed by atoms with Crippen LogP contribution in [-0.2, 0) is 6.18 Å². The zero-order valence-corrected chi connectivity index (χ0v) is 19.8. The number of nitrogen functional groups attached to an aromatic ring is 1. The Kier molecular flexibility index (Phi) is 6.77. The summed E-state index contributed by atoms with van der Waals surface area (Å²) in [5, 5.41) is 6.82. The highest BCUT2D eigenvalue weighted by molar-refractivity contribution is 7.97. The number of rotatable bonds is 6. The van der Waals surface area contributed by atoms with Crippen LogP contribution in [0.2, 0.25) is 0 Å². The molecule has 188 valence electrons. The molecule has 0 radical (unpaired) electrons. The van der Waals surface area contributed by atoms with Crippen molar-refractivity contribution in [1.82, 2.24) is 29.2 Å². The molecule has 1 amide bonds. The third-order valence-electron chi connectivity index (χ3n) is 5.36. The molecule has 0 spiro atoms. The number of nitrogens with one attached hydrogen (secondary N) is 1. The molecule has 2 atom stereocenters. The van der Waals surface area contributed by atoms with E-state index in [2.05, 4.69) is 20.4 Å². The van der Waals surface area contributed by atoms with Crippen molar-refractivity contribution in [2.45, 2.75) is 37.5 Å². The van der Waals surface area contributed by atoms with Crippen molar-refractivity contribution >= 4 is 29.2 Å². The predicted molar refractivity (Wildman–Crippen MR) is 123 cm³/mol. The smallest absolute Gasteiger partial charge is 0.418 e. The summed E-state index contributed by atoms with van der Waals surface area (Å²) in [5.41, 5.74) is 4.35. The topological polar surface area (TPSA) is 111 Å². The maximum absolute atomic E-state index is 14.6. The highest BCUT2D eigenvalue weighted by Crippen LogP contribution is 2.39. The Hall–Kier alpha value is -3.13. The van der Waals surface area contributed by atoms with Gasteiger partial charge in [-0.2, -0.15) is 18.3 Å². The molecule has 1 aliphatic heterocycles. The number of anilines is 1. The first-order valence-electron chi connectivity index (χ1n) is 10.6. The van der Waals surface area contributed by atoms with E-state index in [9.17, 15) is 22.4 Å². The quantitative estimate of drug-likeness (QED) is 0.382. The zero-order chi connectivity index (χ0) is 25.5. The van der Waals surface area contributed by atoms with Gasteiger partial charge in [0.2, 0.25) is 5.88 Å². The molecule has 0 aliphatic carbocycles. The van der Waals surface area contributed by atoms with Gasteiger partial charge in [-0.15, -0.1) is 0 Å². The molecule has 0 saturated carbocycles. The van der Waals surface area contributed by atoms with Gasteiger partial charge in [0.05, 0.1) is 24.4 Å². The lowest BCUT2D eigenvalue weighted by Crippen LogP contribution is -2.41. The normalized spacial score (nSPS) is 19.0. The third kappa shape index (κ3) is 4.98. The van der Waals surface area contributed by atoms with E-state index in [0.717, 1.165) is 16.9 Å². The fourth-order valence-electron chi connectivity index (χ4n) is 3.90. The number of amides is 1. The fourth-order valence-corrected chi connectivity index (χ4v) is 4.98. The summed E-state index contributed by atoms with van der Waals surface area (Å²) in [5.74, 6) is -1.07. The summed E-state index contributed by atoms with van der Waals surface area (Å²) in [6.07, 6.45) is -3.72. The Morgan fingerprint density at radius 2 is 2.03 bits per heavy atom. The second-order valence-electron chi connectivity index (χ2n) is 8.22. The van der Waals surface area contributed by atoms with Crippen molar-refractivity contribution in [3.8, 4) is 17.1 Å². The fraction of sp³-hybridized carbons (Fsp3) is 0.429. The van der Waals surface area contributed by atoms with Crippen LogP contribution >= 0.6 is 11.9 Å². The first-order chi connectivity index (χ1) is 16.5. The van der Waals surface area contributed by atoms with Crippen LogP contribution in [0.1, 0.15) is 29.8 Å². The van der Waals surface area contributed by atoms with Crippen LogP contribution in [0.3, 0.4) is 0 Å². The van der Waals surface area contributed by atoms with Gasteiger partial charge in [-0.05, 0) is 12.1 Å². The van der Waals surface area contributed by atoms with Crippen LogP contribution in [0, 0.1) is 0 Å². The molecule has 1 saturated heterocycles. The lowest BCUT2D eigenvalue weighted by Gasteiger charge is -2.17. The molecule has 3 N–H and O–H groups in total. The van der Waals surface area contributed by atoms with E-state index >= 15 is 0 Å². The van der Waals surface area contributed by atoms with Crippen LogP contribution in [0.15, 0.2) is 24.7 Å². The Bertz CT molecular complexity index is 1250. The van der Waals surface area contributed by atoms with Gasteiger partial charge in [0.1, 0.15) is 23.6 Å². The molecule has 3 aromatic rings. The van der Waals surface area contributed by atoms with E-state index in [1.54, 1.807) is 0 Å². The number of carbonyl (C=O) groups excluding carboxylic acids is 1. The molecule has 35 heavy (non-hydrogen) atoms. The van der Waals surface area contributed by atoms with Gasteiger partial charge in [-0.25, -0.2) is 23.2 Å². The minimum absolute atomic E-state index is 0.00521. The summed E-state index contributed by atoms with van der Waals surface area (Å²) < 4.78 is 63.6. The zero-order valence-electron chi connectivity index (χ0n) is 19.0. The predicted octanol–water partition coefficient (Wildman–Crippen LogP) is 3.21. The maximum atomic E-state index is 14.6. The minimum atomic E-state index is -4.72. The molecular formula is C21H23F4N7O2S. The van der Waals surface area contributed by atoms with Crippen molar-refractivity contribution in [1.29, 1.82) is 0 Å². The van der Waals surface area contributed by atoms with E-state index in [0.29, 0.717) is 6.54 Å².